The molecular weight excluding hydrogens is 456 g/mol. The van der Waals surface area contributed by atoms with Crippen molar-refractivity contribution in [2.75, 3.05) is 13.7 Å². The second kappa shape index (κ2) is 8.87. The predicted octanol–water partition coefficient (Wildman–Crippen LogP) is 7.18. The van der Waals surface area contributed by atoms with Crippen molar-refractivity contribution in [2.24, 2.45) is 46.3 Å². The lowest BCUT2D eigenvalue weighted by atomic mass is 9.44. The third kappa shape index (κ3) is 3.72. The van der Waals surface area contributed by atoms with Crippen LogP contribution in [0.15, 0.2) is 24.4 Å². The summed E-state index contributed by atoms with van der Waals surface area (Å²) in [6.45, 7) is 6.20. The van der Waals surface area contributed by atoms with Gasteiger partial charge in [0.25, 0.3) is 0 Å². The maximum Gasteiger partial charge on any atom is 0.157 e. The third-order valence-electron chi connectivity index (χ3n) is 11.3. The first-order valence-corrected chi connectivity index (χ1v) is 14.4. The van der Waals surface area contributed by atoms with Gasteiger partial charge in [-0.25, -0.2) is 0 Å². The highest BCUT2D eigenvalue weighted by Crippen LogP contribution is 2.68. The molecule has 8 atom stereocenters. The van der Waals surface area contributed by atoms with Gasteiger partial charge in [0.15, 0.2) is 5.78 Å². The van der Waals surface area contributed by atoms with Crippen molar-refractivity contribution in [1.29, 1.82) is 0 Å². The number of halogens is 1. The number of rotatable bonds is 5. The van der Waals surface area contributed by atoms with E-state index in [4.69, 9.17) is 16.3 Å². The van der Waals surface area contributed by atoms with Crippen molar-refractivity contribution in [3.05, 3.63) is 29.4 Å². The largest absolute Gasteiger partial charge is 0.384 e. The summed E-state index contributed by atoms with van der Waals surface area (Å²) >= 11 is 6.24. The minimum atomic E-state index is 0.127. The van der Waals surface area contributed by atoms with Gasteiger partial charge >= 0.3 is 0 Å². The highest BCUT2D eigenvalue weighted by molar-refractivity contribution is 6.31. The Balaban J connectivity index is 1.24. The highest BCUT2D eigenvalue weighted by atomic mass is 35.5. The number of ketones is 1. The number of hydrogen-bond acceptors (Lipinski definition) is 3. The Morgan fingerprint density at radius 3 is 2.83 bits per heavy atom. The molecule has 4 aliphatic carbocycles. The van der Waals surface area contributed by atoms with Crippen molar-refractivity contribution in [3.8, 4) is 0 Å². The molecule has 1 aromatic carbocycles. The minimum absolute atomic E-state index is 0.127. The van der Waals surface area contributed by atoms with E-state index in [9.17, 15) is 4.79 Å². The quantitative estimate of drug-likeness (QED) is 0.440. The number of nitrogens with zero attached hydrogens (tertiary/aromatic N) is 2. The van der Waals surface area contributed by atoms with Crippen LogP contribution < -0.4 is 0 Å². The minimum Gasteiger partial charge on any atom is -0.384 e. The Morgan fingerprint density at radius 1 is 1.14 bits per heavy atom. The van der Waals surface area contributed by atoms with Crippen molar-refractivity contribution in [1.82, 2.24) is 9.78 Å². The number of aromatic nitrogens is 2. The first kappa shape index (κ1) is 24.0. The van der Waals surface area contributed by atoms with Gasteiger partial charge in [-0.05, 0) is 110 Å². The van der Waals surface area contributed by atoms with Gasteiger partial charge in [-0.1, -0.05) is 31.9 Å². The third-order valence-corrected chi connectivity index (χ3v) is 11.6. The first-order chi connectivity index (χ1) is 16.9. The van der Waals surface area contributed by atoms with Crippen LogP contribution in [0.5, 0.6) is 0 Å². The van der Waals surface area contributed by atoms with Crippen molar-refractivity contribution < 1.29 is 9.53 Å². The fourth-order valence-corrected chi connectivity index (χ4v) is 9.94. The SMILES string of the molecule is COCC12CC[C@H](C)CC1CCC1C2CCC2(C)C1CC[C@@H]2C(=O)Cn1ncc2ccc(Cl)cc21. The average Bonchev–Trinajstić information content (AvgIpc) is 3.39. The van der Waals surface area contributed by atoms with E-state index in [1.807, 2.05) is 36.2 Å². The van der Waals surface area contributed by atoms with Crippen LogP contribution in [0.4, 0.5) is 0 Å². The van der Waals surface area contributed by atoms with Gasteiger partial charge in [-0.3, -0.25) is 9.48 Å². The summed E-state index contributed by atoms with van der Waals surface area (Å²) in [4.78, 5) is 13.8. The Hall–Kier alpha value is -1.39. The van der Waals surface area contributed by atoms with Crippen LogP contribution >= 0.6 is 11.6 Å². The second-order valence-corrected chi connectivity index (χ2v) is 13.3. The van der Waals surface area contributed by atoms with Crippen molar-refractivity contribution >= 4 is 28.3 Å². The lowest BCUT2D eigenvalue weighted by Gasteiger charge is -2.61. The van der Waals surface area contributed by atoms with E-state index < -0.39 is 0 Å². The summed E-state index contributed by atoms with van der Waals surface area (Å²) in [6, 6.07) is 5.80. The van der Waals surface area contributed by atoms with Gasteiger partial charge in [0.05, 0.1) is 18.3 Å². The monoisotopic (exact) mass is 496 g/mol. The average molecular weight is 497 g/mol. The maximum absolute atomic E-state index is 13.8. The molecule has 0 saturated heterocycles. The van der Waals surface area contributed by atoms with Crippen LogP contribution in [0.25, 0.3) is 10.9 Å². The lowest BCUT2D eigenvalue weighted by molar-refractivity contribution is -0.154. The topological polar surface area (TPSA) is 44.1 Å². The Kier molecular flexibility index (Phi) is 6.08. The van der Waals surface area contributed by atoms with E-state index in [2.05, 4.69) is 18.9 Å². The second-order valence-electron chi connectivity index (χ2n) is 12.8. The van der Waals surface area contributed by atoms with E-state index in [0.29, 0.717) is 28.7 Å². The molecule has 0 aliphatic heterocycles. The van der Waals surface area contributed by atoms with Gasteiger partial charge in [0.2, 0.25) is 0 Å². The number of hydrogen-bond donors (Lipinski definition) is 0. The summed E-state index contributed by atoms with van der Waals surface area (Å²) in [5.74, 6) is 4.41. The highest BCUT2D eigenvalue weighted by Gasteiger charge is 2.62. The predicted molar refractivity (Wildman–Crippen MR) is 140 cm³/mol. The molecule has 5 heteroatoms. The van der Waals surface area contributed by atoms with Crippen molar-refractivity contribution in [3.63, 3.8) is 0 Å². The van der Waals surface area contributed by atoms with E-state index in [0.717, 1.165) is 47.6 Å². The van der Waals surface area contributed by atoms with Crippen LogP contribution in [-0.2, 0) is 16.1 Å². The van der Waals surface area contributed by atoms with E-state index in [1.165, 1.54) is 51.4 Å². The molecule has 4 aliphatic rings. The van der Waals surface area contributed by atoms with Crippen LogP contribution in [-0.4, -0.2) is 29.3 Å². The van der Waals surface area contributed by atoms with Crippen LogP contribution in [0, 0.1) is 46.3 Å². The zero-order chi connectivity index (χ0) is 24.4. The first-order valence-electron chi connectivity index (χ1n) is 14.0. The smallest absolute Gasteiger partial charge is 0.157 e. The molecule has 6 rings (SSSR count). The van der Waals surface area contributed by atoms with E-state index in [1.54, 1.807) is 0 Å². The molecular formula is C30H41ClN2O2. The number of fused-ring (bicyclic) bond motifs is 6. The molecule has 2 aromatic rings. The van der Waals surface area contributed by atoms with Crippen LogP contribution in [0.2, 0.25) is 5.02 Å². The van der Waals surface area contributed by atoms with Crippen molar-refractivity contribution in [2.45, 2.75) is 78.2 Å². The zero-order valence-electron chi connectivity index (χ0n) is 21.6. The molecule has 0 bridgehead atoms. The zero-order valence-corrected chi connectivity index (χ0v) is 22.4. The summed E-state index contributed by atoms with van der Waals surface area (Å²) < 4.78 is 7.82. The standard InChI is InChI=1S/C30H41ClN2O2/c1-19-10-13-30(18-35-3)21(14-19)5-7-23-24-8-9-26(29(24,2)12-11-25(23)30)28(34)17-33-27-15-22(31)6-4-20(27)16-32-33/h4,6,15-16,19,21,23-26H,5,7-14,17-18H2,1-3H3/t19-,21?,23?,24?,25?,26+,29?,30?/m0/s1. The molecule has 190 valence electrons. The van der Waals surface area contributed by atoms with E-state index in [-0.39, 0.29) is 11.3 Å². The Morgan fingerprint density at radius 2 is 2.00 bits per heavy atom. The molecule has 4 nitrogen and oxygen atoms in total. The summed E-state index contributed by atoms with van der Waals surface area (Å²) in [6.07, 6.45) is 13.4. The Labute approximate surface area is 215 Å². The fourth-order valence-electron chi connectivity index (χ4n) is 9.77. The molecule has 4 fully saturated rings. The molecule has 1 aromatic heterocycles. The molecule has 0 spiro atoms. The maximum atomic E-state index is 13.8. The Bertz CT molecular complexity index is 1110. The number of ether oxygens (including phenoxy) is 1. The van der Waals surface area contributed by atoms with Crippen LogP contribution in [0.1, 0.15) is 71.6 Å². The number of methoxy groups -OCH3 is 1. The molecule has 0 radical (unpaired) electrons. The number of carbonyl (C=O) groups is 1. The number of Topliss-reactive ketones (excluding diaryl/α,β-unsaturated/α-hetero) is 1. The molecule has 35 heavy (non-hydrogen) atoms. The van der Waals surface area contributed by atoms with Gasteiger partial charge in [-0.2, -0.15) is 5.10 Å². The van der Waals surface area contributed by atoms with Gasteiger partial charge in [0, 0.05) is 23.4 Å². The molecule has 0 N–H and O–H groups in total. The molecule has 4 saturated carbocycles. The molecule has 6 unspecified atom stereocenters. The summed E-state index contributed by atoms with van der Waals surface area (Å²) in [7, 11) is 1.91. The molecule has 1 heterocycles. The lowest BCUT2D eigenvalue weighted by Crippen LogP contribution is -2.56. The molecule has 0 amide bonds. The summed E-state index contributed by atoms with van der Waals surface area (Å²) in [5, 5.41) is 6.28. The van der Waals surface area contributed by atoms with Gasteiger partial charge < -0.3 is 4.74 Å². The van der Waals surface area contributed by atoms with E-state index >= 15 is 0 Å². The summed E-state index contributed by atoms with van der Waals surface area (Å²) in [5.41, 5.74) is 1.46. The number of benzene rings is 1. The fraction of sp³-hybridized carbons (Fsp3) is 0.733. The van der Waals surface area contributed by atoms with Gasteiger partial charge in [0.1, 0.15) is 6.54 Å². The van der Waals surface area contributed by atoms with Gasteiger partial charge in [-0.15, -0.1) is 0 Å². The number of carbonyl (C=O) groups excluding carboxylic acids is 1. The van der Waals surface area contributed by atoms with Crippen LogP contribution in [0.3, 0.4) is 0 Å². The normalized spacial score (nSPS) is 40.8.